The number of benzene rings is 2. The summed E-state index contributed by atoms with van der Waals surface area (Å²) in [4.78, 5) is 0. The number of nitrogens with zero attached hydrogens (tertiary/aromatic N) is 1. The molecule has 0 radical (unpaired) electrons. The van der Waals surface area contributed by atoms with Gasteiger partial charge >= 0.3 is 0 Å². The smallest absolute Gasteiger partial charge is 0.126 e. The average Bonchev–Trinajstić information content (AvgIpc) is 2.45. The van der Waals surface area contributed by atoms with E-state index >= 15 is 0 Å². The second-order valence-electron chi connectivity index (χ2n) is 4.46. The number of rotatable bonds is 4. The molecule has 0 aromatic heterocycles. The number of hydrogen-bond donors (Lipinski definition) is 1. The van der Waals surface area contributed by atoms with Gasteiger partial charge in [0.2, 0.25) is 0 Å². The van der Waals surface area contributed by atoms with Crippen molar-refractivity contribution in [2.45, 2.75) is 19.6 Å². The molecule has 0 amide bonds. The highest BCUT2D eigenvalue weighted by atomic mass is 79.9. The predicted molar refractivity (Wildman–Crippen MR) is 80.3 cm³/mol. The Morgan fingerprint density at radius 2 is 2.10 bits per heavy atom. The summed E-state index contributed by atoms with van der Waals surface area (Å²) in [6, 6.07) is 14.9. The van der Waals surface area contributed by atoms with Crippen molar-refractivity contribution in [2.24, 2.45) is 0 Å². The first-order chi connectivity index (χ1) is 9.60. The fraction of sp³-hybridized carbons (Fsp3) is 0.188. The molecule has 102 valence electrons. The Balaban J connectivity index is 2.18. The molecule has 2 aromatic carbocycles. The summed E-state index contributed by atoms with van der Waals surface area (Å²) < 4.78 is 6.66. The minimum absolute atomic E-state index is 0.353. The van der Waals surface area contributed by atoms with Crippen LogP contribution in [0, 0.1) is 11.3 Å². The normalized spacial score (nSPS) is 11.7. The van der Waals surface area contributed by atoms with Crippen LogP contribution < -0.4 is 4.74 Å². The molecule has 2 rings (SSSR count). The van der Waals surface area contributed by atoms with E-state index in [1.54, 1.807) is 19.1 Å². The van der Waals surface area contributed by atoms with E-state index in [1.807, 2.05) is 30.3 Å². The lowest BCUT2D eigenvalue weighted by Crippen LogP contribution is -2.01. The number of aliphatic hydroxyl groups excluding tert-OH is 1. The second-order valence-corrected chi connectivity index (χ2v) is 5.37. The summed E-state index contributed by atoms with van der Waals surface area (Å²) in [6.45, 7) is 2.05. The van der Waals surface area contributed by atoms with Gasteiger partial charge in [-0.3, -0.25) is 0 Å². The zero-order chi connectivity index (χ0) is 14.5. The Morgan fingerprint density at radius 1 is 1.30 bits per heavy atom. The van der Waals surface area contributed by atoms with E-state index in [0.717, 1.165) is 15.6 Å². The van der Waals surface area contributed by atoms with Crippen LogP contribution in [0.4, 0.5) is 0 Å². The molecule has 0 heterocycles. The van der Waals surface area contributed by atoms with Crippen LogP contribution in [0.5, 0.6) is 5.75 Å². The van der Waals surface area contributed by atoms with Crippen molar-refractivity contribution in [3.05, 3.63) is 63.6 Å². The molecule has 3 nitrogen and oxygen atoms in total. The van der Waals surface area contributed by atoms with E-state index in [-0.39, 0.29) is 0 Å². The van der Waals surface area contributed by atoms with Crippen molar-refractivity contribution in [2.75, 3.05) is 0 Å². The van der Waals surface area contributed by atoms with Gasteiger partial charge in [-0.25, -0.2) is 0 Å². The maximum Gasteiger partial charge on any atom is 0.126 e. The fourth-order valence-electron chi connectivity index (χ4n) is 1.87. The van der Waals surface area contributed by atoms with Crippen molar-refractivity contribution in [3.63, 3.8) is 0 Å². The Kier molecular flexibility index (Phi) is 4.78. The number of halogens is 1. The van der Waals surface area contributed by atoms with Crippen molar-refractivity contribution in [1.29, 1.82) is 5.26 Å². The molecule has 20 heavy (non-hydrogen) atoms. The van der Waals surface area contributed by atoms with Gasteiger partial charge in [0.05, 0.1) is 17.7 Å². The third kappa shape index (κ3) is 3.60. The van der Waals surface area contributed by atoms with Gasteiger partial charge in [-0.2, -0.15) is 5.26 Å². The van der Waals surface area contributed by atoms with Gasteiger partial charge in [-0.15, -0.1) is 0 Å². The van der Waals surface area contributed by atoms with Gasteiger partial charge in [-0.1, -0.05) is 34.1 Å². The largest absolute Gasteiger partial charge is 0.488 e. The molecule has 0 saturated heterocycles. The Bertz CT molecular complexity index is 647. The number of ether oxygens (including phenoxy) is 1. The standard InChI is InChI=1S/C16H14BrNO2/c1-11(19)15-6-5-14(17)8-16(15)20-10-13-4-2-3-12(7-13)9-18/h2-8,11,19H,10H2,1H3. The highest BCUT2D eigenvalue weighted by Crippen LogP contribution is 2.29. The molecular weight excluding hydrogens is 318 g/mol. The first kappa shape index (κ1) is 14.6. The third-order valence-corrected chi connectivity index (χ3v) is 3.37. The van der Waals surface area contributed by atoms with Crippen LogP contribution in [0.1, 0.15) is 29.7 Å². The SMILES string of the molecule is CC(O)c1ccc(Br)cc1OCc1cccc(C#N)c1. The summed E-state index contributed by atoms with van der Waals surface area (Å²) in [5.41, 5.74) is 2.27. The highest BCUT2D eigenvalue weighted by Gasteiger charge is 2.10. The molecule has 0 aliphatic heterocycles. The van der Waals surface area contributed by atoms with Crippen molar-refractivity contribution < 1.29 is 9.84 Å². The molecule has 0 spiro atoms. The highest BCUT2D eigenvalue weighted by molar-refractivity contribution is 9.10. The Hall–Kier alpha value is -1.83. The topological polar surface area (TPSA) is 53.2 Å². The van der Waals surface area contributed by atoms with Crippen molar-refractivity contribution >= 4 is 15.9 Å². The van der Waals surface area contributed by atoms with E-state index in [4.69, 9.17) is 10.00 Å². The molecule has 4 heteroatoms. The first-order valence-corrected chi connectivity index (χ1v) is 6.99. The molecule has 0 aliphatic rings. The summed E-state index contributed by atoms with van der Waals surface area (Å²) in [6.07, 6.45) is -0.594. The number of nitriles is 1. The lowest BCUT2D eigenvalue weighted by atomic mass is 10.1. The van der Waals surface area contributed by atoms with Crippen LogP contribution in [0.15, 0.2) is 46.9 Å². The van der Waals surface area contributed by atoms with Crippen molar-refractivity contribution in [3.8, 4) is 11.8 Å². The quantitative estimate of drug-likeness (QED) is 0.922. The molecule has 0 saturated carbocycles. The maximum atomic E-state index is 9.74. The van der Waals surface area contributed by atoms with Crippen molar-refractivity contribution in [1.82, 2.24) is 0 Å². The molecule has 0 bridgehead atoms. The van der Waals surface area contributed by atoms with Gasteiger partial charge in [0.1, 0.15) is 12.4 Å². The lowest BCUT2D eigenvalue weighted by molar-refractivity contribution is 0.190. The minimum Gasteiger partial charge on any atom is -0.488 e. The predicted octanol–water partition coefficient (Wildman–Crippen LogP) is 3.95. The van der Waals surface area contributed by atoms with Crippen LogP contribution in [0.25, 0.3) is 0 Å². The van der Waals surface area contributed by atoms with Gasteiger partial charge in [-0.05, 0) is 36.8 Å². The summed E-state index contributed by atoms with van der Waals surface area (Å²) in [5, 5.41) is 18.6. The monoisotopic (exact) mass is 331 g/mol. The van der Waals surface area contributed by atoms with Crippen LogP contribution >= 0.6 is 15.9 Å². The summed E-state index contributed by atoms with van der Waals surface area (Å²) in [7, 11) is 0. The minimum atomic E-state index is -0.594. The average molecular weight is 332 g/mol. The molecule has 1 unspecified atom stereocenters. The van der Waals surface area contributed by atoms with Crippen LogP contribution in [0.3, 0.4) is 0 Å². The van der Waals surface area contributed by atoms with E-state index in [2.05, 4.69) is 22.0 Å². The summed E-state index contributed by atoms with van der Waals surface area (Å²) >= 11 is 3.39. The van der Waals surface area contributed by atoms with Crippen LogP contribution in [-0.4, -0.2) is 5.11 Å². The molecule has 0 fully saturated rings. The van der Waals surface area contributed by atoms with E-state index in [1.165, 1.54) is 0 Å². The number of hydrogen-bond acceptors (Lipinski definition) is 3. The van der Waals surface area contributed by atoms with Crippen LogP contribution in [0.2, 0.25) is 0 Å². The Labute approximate surface area is 126 Å². The first-order valence-electron chi connectivity index (χ1n) is 6.19. The lowest BCUT2D eigenvalue weighted by Gasteiger charge is -2.14. The van der Waals surface area contributed by atoms with Gasteiger partial charge in [0.25, 0.3) is 0 Å². The van der Waals surface area contributed by atoms with Crippen LogP contribution in [-0.2, 0) is 6.61 Å². The van der Waals surface area contributed by atoms with E-state index < -0.39 is 6.10 Å². The van der Waals surface area contributed by atoms with E-state index in [0.29, 0.717) is 17.9 Å². The Morgan fingerprint density at radius 3 is 2.80 bits per heavy atom. The van der Waals surface area contributed by atoms with Gasteiger partial charge in [0.15, 0.2) is 0 Å². The molecule has 0 aliphatic carbocycles. The van der Waals surface area contributed by atoms with E-state index in [9.17, 15) is 5.11 Å². The molecule has 1 atom stereocenters. The van der Waals surface area contributed by atoms with Gasteiger partial charge < -0.3 is 9.84 Å². The second kappa shape index (κ2) is 6.56. The maximum absolute atomic E-state index is 9.74. The third-order valence-electron chi connectivity index (χ3n) is 2.88. The van der Waals surface area contributed by atoms with Gasteiger partial charge in [0, 0.05) is 10.0 Å². The number of aliphatic hydroxyl groups is 1. The molecule has 2 aromatic rings. The zero-order valence-corrected chi connectivity index (χ0v) is 12.6. The summed E-state index contributed by atoms with van der Waals surface area (Å²) in [5.74, 6) is 0.636. The molecular formula is C16H14BrNO2. The fourth-order valence-corrected chi connectivity index (χ4v) is 2.21. The molecule has 1 N–H and O–H groups in total. The zero-order valence-electron chi connectivity index (χ0n) is 11.0.